The highest BCUT2D eigenvalue weighted by atomic mass is 16.5. The van der Waals surface area contributed by atoms with E-state index in [0.29, 0.717) is 35.9 Å². The number of ether oxygens (including phenoxy) is 2. The molecule has 3 rings (SSSR count). The molecule has 0 bridgehead atoms. The Bertz CT molecular complexity index is 1020. The summed E-state index contributed by atoms with van der Waals surface area (Å²) in [7, 11) is 3.14. The molecule has 0 atom stereocenters. The predicted molar refractivity (Wildman–Crippen MR) is 110 cm³/mol. The van der Waals surface area contributed by atoms with Crippen LogP contribution in [0.3, 0.4) is 0 Å². The number of aryl methyl sites for hydroxylation is 1. The summed E-state index contributed by atoms with van der Waals surface area (Å²) in [6.07, 6.45) is 1.48. The van der Waals surface area contributed by atoms with Crippen LogP contribution in [0.1, 0.15) is 10.4 Å². The zero-order valence-electron chi connectivity index (χ0n) is 16.2. The van der Waals surface area contributed by atoms with Crippen LogP contribution in [0.2, 0.25) is 0 Å². The molecule has 0 aliphatic heterocycles. The second-order valence-electron chi connectivity index (χ2n) is 6.18. The lowest BCUT2D eigenvalue weighted by atomic mass is 10.2. The Balaban J connectivity index is 1.79. The minimum Gasteiger partial charge on any atom is -0.453 e. The number of nitrogens with zero attached hydrogens (tertiary/aromatic N) is 2. The van der Waals surface area contributed by atoms with Crippen LogP contribution in [0.4, 0.5) is 11.4 Å². The van der Waals surface area contributed by atoms with Crippen LogP contribution in [0.25, 0.3) is 0 Å². The lowest BCUT2D eigenvalue weighted by Gasteiger charge is -2.13. The van der Waals surface area contributed by atoms with E-state index in [0.717, 1.165) is 0 Å². The molecule has 2 aromatic carbocycles. The lowest BCUT2D eigenvalue weighted by Crippen LogP contribution is -2.26. The van der Waals surface area contributed by atoms with Gasteiger partial charge in [-0.3, -0.25) is 9.59 Å². The molecule has 0 saturated heterocycles. The van der Waals surface area contributed by atoms with Crippen molar-refractivity contribution in [3.05, 3.63) is 76.7 Å². The largest absolute Gasteiger partial charge is 0.453 e. The minimum absolute atomic E-state index is 0.193. The van der Waals surface area contributed by atoms with E-state index >= 15 is 0 Å². The van der Waals surface area contributed by atoms with Crippen molar-refractivity contribution in [1.29, 1.82) is 0 Å². The van der Waals surface area contributed by atoms with E-state index in [4.69, 9.17) is 9.47 Å². The molecule has 8 heteroatoms. The topological polar surface area (TPSA) is 94.5 Å². The van der Waals surface area contributed by atoms with E-state index in [2.05, 4.69) is 15.7 Å². The van der Waals surface area contributed by atoms with Crippen molar-refractivity contribution in [3.63, 3.8) is 0 Å². The van der Waals surface area contributed by atoms with E-state index in [1.807, 2.05) is 18.2 Å². The first kappa shape index (κ1) is 20.1. The molecule has 0 spiro atoms. The van der Waals surface area contributed by atoms with Gasteiger partial charge in [-0.1, -0.05) is 18.2 Å². The number of carbonyl (C=O) groups is 1. The molecule has 0 aliphatic carbocycles. The van der Waals surface area contributed by atoms with Gasteiger partial charge < -0.3 is 20.1 Å². The monoisotopic (exact) mass is 394 g/mol. The van der Waals surface area contributed by atoms with Crippen LogP contribution in [0.15, 0.2) is 65.6 Å². The van der Waals surface area contributed by atoms with Crippen LogP contribution >= 0.6 is 0 Å². The number of aromatic nitrogens is 2. The number of nitrogens with one attached hydrogen (secondary N) is 2. The molecule has 1 aromatic heterocycles. The quantitative estimate of drug-likeness (QED) is 0.571. The number of anilines is 2. The van der Waals surface area contributed by atoms with Crippen LogP contribution in [0.5, 0.6) is 11.5 Å². The molecular weight excluding hydrogens is 372 g/mol. The molecule has 2 N–H and O–H groups in total. The van der Waals surface area contributed by atoms with Gasteiger partial charge in [0.25, 0.3) is 11.5 Å². The van der Waals surface area contributed by atoms with E-state index in [1.54, 1.807) is 50.6 Å². The Morgan fingerprint density at radius 3 is 2.52 bits per heavy atom. The summed E-state index contributed by atoms with van der Waals surface area (Å²) in [6, 6.07) is 15.9. The Morgan fingerprint density at radius 1 is 1.10 bits per heavy atom. The van der Waals surface area contributed by atoms with E-state index in [9.17, 15) is 9.59 Å². The van der Waals surface area contributed by atoms with Crippen molar-refractivity contribution in [1.82, 2.24) is 15.1 Å². The number of rotatable bonds is 8. The van der Waals surface area contributed by atoms with Crippen LogP contribution < -0.4 is 20.9 Å². The summed E-state index contributed by atoms with van der Waals surface area (Å²) >= 11 is 0. The molecular formula is C21H22N4O4. The Hall–Kier alpha value is -3.65. The van der Waals surface area contributed by atoms with Gasteiger partial charge in [0.05, 0.1) is 12.8 Å². The summed E-state index contributed by atoms with van der Waals surface area (Å²) in [4.78, 5) is 24.7. The molecule has 0 fully saturated rings. The lowest BCUT2D eigenvalue weighted by molar-refractivity contribution is 0.0937. The molecule has 0 unspecified atom stereocenters. The van der Waals surface area contributed by atoms with Crippen molar-refractivity contribution in [2.75, 3.05) is 25.6 Å². The number of amides is 1. The third kappa shape index (κ3) is 5.20. The van der Waals surface area contributed by atoms with Crippen molar-refractivity contribution < 1.29 is 14.3 Å². The fourth-order valence-electron chi connectivity index (χ4n) is 2.55. The maximum Gasteiger partial charge on any atom is 0.294 e. The smallest absolute Gasteiger partial charge is 0.294 e. The standard InChI is InChI=1S/C21H22N4O4/c1-25-21(27)19(18(14-23-25)29-17-6-4-3-5-7-17)24-16-10-8-15(9-11-16)20(26)22-12-13-28-2/h3-11,14,24H,12-13H2,1-2H3,(H,22,26). The van der Waals surface area contributed by atoms with Crippen molar-refractivity contribution in [2.45, 2.75) is 0 Å². The first-order chi connectivity index (χ1) is 14.1. The highest BCUT2D eigenvalue weighted by Gasteiger charge is 2.13. The first-order valence-corrected chi connectivity index (χ1v) is 9.02. The molecule has 8 nitrogen and oxygen atoms in total. The van der Waals surface area contributed by atoms with Gasteiger partial charge in [-0.05, 0) is 36.4 Å². The van der Waals surface area contributed by atoms with E-state index in [-0.39, 0.29) is 17.2 Å². The fourth-order valence-corrected chi connectivity index (χ4v) is 2.55. The number of methoxy groups -OCH3 is 1. The molecule has 150 valence electrons. The number of para-hydroxylation sites is 1. The second kappa shape index (κ2) is 9.52. The molecule has 0 saturated carbocycles. The van der Waals surface area contributed by atoms with Gasteiger partial charge in [0.2, 0.25) is 0 Å². The number of hydrogen-bond acceptors (Lipinski definition) is 6. The third-order valence-electron chi connectivity index (χ3n) is 4.08. The number of carbonyl (C=O) groups excluding carboxylic acids is 1. The Morgan fingerprint density at radius 2 is 1.83 bits per heavy atom. The van der Waals surface area contributed by atoms with Crippen molar-refractivity contribution in [2.24, 2.45) is 7.05 Å². The summed E-state index contributed by atoms with van der Waals surface area (Å²) in [6.45, 7) is 0.878. The summed E-state index contributed by atoms with van der Waals surface area (Å²) in [5.41, 5.74) is 1.07. The zero-order chi connectivity index (χ0) is 20.6. The molecule has 0 aliphatic rings. The molecule has 1 amide bonds. The average molecular weight is 394 g/mol. The third-order valence-corrected chi connectivity index (χ3v) is 4.08. The van der Waals surface area contributed by atoms with Gasteiger partial charge >= 0.3 is 0 Å². The molecule has 29 heavy (non-hydrogen) atoms. The predicted octanol–water partition coefficient (Wildman–Crippen LogP) is 2.69. The van der Waals surface area contributed by atoms with Crippen LogP contribution in [0, 0.1) is 0 Å². The Kier molecular flexibility index (Phi) is 6.59. The Labute approximate surface area is 168 Å². The van der Waals surface area contributed by atoms with E-state index < -0.39 is 0 Å². The van der Waals surface area contributed by atoms with Gasteiger partial charge in [0, 0.05) is 32.0 Å². The van der Waals surface area contributed by atoms with E-state index in [1.165, 1.54) is 10.9 Å². The summed E-state index contributed by atoms with van der Waals surface area (Å²) in [5, 5.41) is 9.85. The summed E-state index contributed by atoms with van der Waals surface area (Å²) in [5.74, 6) is 0.705. The van der Waals surface area contributed by atoms with Gasteiger partial charge in [-0.15, -0.1) is 0 Å². The van der Waals surface area contributed by atoms with Gasteiger partial charge in [0.1, 0.15) is 5.75 Å². The zero-order valence-corrected chi connectivity index (χ0v) is 16.2. The van der Waals surface area contributed by atoms with Crippen molar-refractivity contribution in [3.8, 4) is 11.5 Å². The molecule has 3 aromatic rings. The van der Waals surface area contributed by atoms with Gasteiger partial charge in [0.15, 0.2) is 11.4 Å². The van der Waals surface area contributed by atoms with Gasteiger partial charge in [-0.2, -0.15) is 5.10 Å². The van der Waals surface area contributed by atoms with Crippen LogP contribution in [-0.4, -0.2) is 35.9 Å². The molecule has 1 heterocycles. The first-order valence-electron chi connectivity index (χ1n) is 9.02. The minimum atomic E-state index is -0.334. The normalized spacial score (nSPS) is 10.4. The summed E-state index contributed by atoms with van der Waals surface area (Å²) < 4.78 is 12.0. The maximum atomic E-state index is 12.6. The highest BCUT2D eigenvalue weighted by Crippen LogP contribution is 2.28. The number of hydrogen-bond donors (Lipinski definition) is 2. The van der Waals surface area contributed by atoms with Crippen molar-refractivity contribution >= 4 is 17.3 Å². The van der Waals surface area contributed by atoms with Gasteiger partial charge in [-0.25, -0.2) is 4.68 Å². The molecule has 0 radical (unpaired) electrons. The fraction of sp³-hybridized carbons (Fsp3) is 0.190. The SMILES string of the molecule is COCCNC(=O)c1ccc(Nc2c(Oc3ccccc3)cnn(C)c2=O)cc1. The maximum absolute atomic E-state index is 12.6. The number of benzene rings is 2. The van der Waals surface area contributed by atoms with Crippen LogP contribution in [-0.2, 0) is 11.8 Å². The highest BCUT2D eigenvalue weighted by molar-refractivity contribution is 5.94. The average Bonchev–Trinajstić information content (AvgIpc) is 2.74. The second-order valence-corrected chi connectivity index (χ2v) is 6.18.